The number of fused-ring (bicyclic) bond motifs is 11. The molecule has 51 heavy (non-hydrogen) atoms. The van der Waals surface area contributed by atoms with Crippen LogP contribution in [0.15, 0.2) is 176 Å². The number of hydrogen-bond acceptors (Lipinski definition) is 3. The van der Waals surface area contributed by atoms with Gasteiger partial charge in [0.05, 0.1) is 39.1 Å². The molecule has 4 heteroatoms. The van der Waals surface area contributed by atoms with Crippen molar-refractivity contribution in [1.29, 1.82) is 0 Å². The van der Waals surface area contributed by atoms with E-state index in [2.05, 4.69) is 144 Å². The minimum absolute atomic E-state index is 0.623. The maximum absolute atomic E-state index is 7.05. The molecule has 1 spiro atoms. The van der Waals surface area contributed by atoms with E-state index in [1.165, 1.54) is 38.6 Å². The Bertz CT molecular complexity index is 2780. The predicted octanol–water partition coefficient (Wildman–Crippen LogP) is 11.4. The topological polar surface area (TPSA) is 39.9 Å². The zero-order valence-corrected chi connectivity index (χ0v) is 27.5. The van der Waals surface area contributed by atoms with Gasteiger partial charge in [-0.2, -0.15) is 0 Å². The Morgan fingerprint density at radius 2 is 1.06 bits per heavy atom. The monoisotopic (exact) mass is 651 g/mol. The number of rotatable bonds is 3. The zero-order valence-electron chi connectivity index (χ0n) is 27.5. The van der Waals surface area contributed by atoms with Crippen molar-refractivity contribution in [2.75, 3.05) is 0 Å². The molecule has 1 atom stereocenters. The highest BCUT2D eigenvalue weighted by atomic mass is 16.5. The Morgan fingerprint density at radius 1 is 0.471 bits per heavy atom. The van der Waals surface area contributed by atoms with E-state index in [-0.39, 0.29) is 0 Å². The van der Waals surface area contributed by atoms with E-state index < -0.39 is 5.41 Å². The molecule has 2 aliphatic rings. The largest absolute Gasteiger partial charge is 0.456 e. The molecular weight excluding hydrogens is 623 g/mol. The van der Waals surface area contributed by atoms with Crippen molar-refractivity contribution in [3.8, 4) is 51.1 Å². The van der Waals surface area contributed by atoms with Crippen molar-refractivity contribution in [2.45, 2.75) is 5.41 Å². The first-order valence-corrected chi connectivity index (χ1v) is 17.3. The highest BCUT2D eigenvalue weighted by molar-refractivity contribution is 6.12. The first kappa shape index (κ1) is 28.1. The smallest absolute Gasteiger partial charge is 0.164 e. The SMILES string of the molecule is c1ccc(-c2cc(-c3ccccc3)nc(-c3cccc4c3Oc3ccccc3C43c4ccccc4-n4c5ccccc5c5cccc3c54)n2)cc1. The lowest BCUT2D eigenvalue weighted by Crippen LogP contribution is -2.38. The molecule has 0 saturated carbocycles. The van der Waals surface area contributed by atoms with Gasteiger partial charge in [0.2, 0.25) is 0 Å². The van der Waals surface area contributed by atoms with Crippen molar-refractivity contribution in [2.24, 2.45) is 0 Å². The van der Waals surface area contributed by atoms with Gasteiger partial charge in [0.25, 0.3) is 0 Å². The van der Waals surface area contributed by atoms with Crippen LogP contribution in [0.25, 0.3) is 61.4 Å². The van der Waals surface area contributed by atoms with Gasteiger partial charge in [-0.05, 0) is 41.5 Å². The molecule has 0 saturated heterocycles. The molecule has 1 unspecified atom stereocenters. The van der Waals surface area contributed by atoms with Crippen LogP contribution in [-0.2, 0) is 5.41 Å². The Morgan fingerprint density at radius 3 is 1.84 bits per heavy atom. The minimum Gasteiger partial charge on any atom is -0.456 e. The summed E-state index contributed by atoms with van der Waals surface area (Å²) in [7, 11) is 0. The summed E-state index contributed by atoms with van der Waals surface area (Å²) in [6.45, 7) is 0. The van der Waals surface area contributed by atoms with E-state index >= 15 is 0 Å². The van der Waals surface area contributed by atoms with Crippen LogP contribution < -0.4 is 4.74 Å². The average molecular weight is 652 g/mol. The van der Waals surface area contributed by atoms with Crippen LogP contribution in [0.1, 0.15) is 22.3 Å². The van der Waals surface area contributed by atoms with Crippen LogP contribution in [0.5, 0.6) is 11.5 Å². The number of aromatic nitrogens is 3. The van der Waals surface area contributed by atoms with Crippen LogP contribution in [0, 0.1) is 0 Å². The van der Waals surface area contributed by atoms with E-state index in [1.54, 1.807) is 0 Å². The van der Waals surface area contributed by atoms with Crippen molar-refractivity contribution >= 4 is 21.8 Å². The van der Waals surface area contributed by atoms with Gasteiger partial charge in [0, 0.05) is 33.0 Å². The quantitative estimate of drug-likeness (QED) is 0.191. The molecule has 11 rings (SSSR count). The number of para-hydroxylation sites is 5. The van der Waals surface area contributed by atoms with Gasteiger partial charge >= 0.3 is 0 Å². The maximum Gasteiger partial charge on any atom is 0.164 e. The van der Waals surface area contributed by atoms with Gasteiger partial charge < -0.3 is 9.30 Å². The molecule has 2 aliphatic heterocycles. The molecule has 0 radical (unpaired) electrons. The average Bonchev–Trinajstić information content (AvgIpc) is 3.55. The standard InChI is InChI=1S/C47H29N3O/c1-3-15-30(16-4-1)39-29-40(31-17-5-2-6-18-31)49-46(48-39)34-21-14-25-38-45(34)51-43-28-12-9-23-36(43)47(38)35-22-8-11-27-42(35)50-41-26-10-7-19-32(41)33-20-13-24-37(47)44(33)50/h1-29H. The zero-order chi connectivity index (χ0) is 33.5. The summed E-state index contributed by atoms with van der Waals surface area (Å²) >= 11 is 0. The lowest BCUT2D eigenvalue weighted by molar-refractivity contribution is 0.435. The van der Waals surface area contributed by atoms with Gasteiger partial charge in [-0.1, -0.05) is 146 Å². The minimum atomic E-state index is -0.667. The van der Waals surface area contributed by atoms with Gasteiger partial charge in [-0.15, -0.1) is 0 Å². The summed E-state index contributed by atoms with van der Waals surface area (Å²) in [5.74, 6) is 2.23. The molecule has 238 valence electrons. The van der Waals surface area contributed by atoms with Crippen LogP contribution in [0.3, 0.4) is 0 Å². The van der Waals surface area contributed by atoms with Gasteiger partial charge in [0.15, 0.2) is 5.82 Å². The Kier molecular flexibility index (Phi) is 5.84. The van der Waals surface area contributed by atoms with Crippen molar-refractivity contribution in [3.05, 3.63) is 198 Å². The van der Waals surface area contributed by atoms with Crippen molar-refractivity contribution in [1.82, 2.24) is 14.5 Å². The molecule has 0 aliphatic carbocycles. The number of ether oxygens (including phenoxy) is 1. The normalized spacial score (nSPS) is 15.3. The fraction of sp³-hybridized carbons (Fsp3) is 0.0213. The molecule has 2 aromatic heterocycles. The first-order valence-electron chi connectivity index (χ1n) is 17.3. The van der Waals surface area contributed by atoms with E-state index in [1.807, 2.05) is 36.4 Å². The van der Waals surface area contributed by atoms with Crippen LogP contribution in [-0.4, -0.2) is 14.5 Å². The molecule has 9 aromatic rings. The molecule has 0 bridgehead atoms. The lowest BCUT2D eigenvalue weighted by Gasteiger charge is -2.45. The molecule has 0 fully saturated rings. The second kappa shape index (κ2) is 10.6. The summed E-state index contributed by atoms with van der Waals surface area (Å²) < 4.78 is 9.51. The lowest BCUT2D eigenvalue weighted by atomic mass is 9.61. The maximum atomic E-state index is 7.05. The fourth-order valence-electron chi connectivity index (χ4n) is 8.60. The fourth-order valence-corrected chi connectivity index (χ4v) is 8.60. The summed E-state index contributed by atoms with van der Waals surface area (Å²) in [6.07, 6.45) is 0. The van der Waals surface area contributed by atoms with Gasteiger partial charge in [-0.25, -0.2) is 9.97 Å². The second-order valence-corrected chi connectivity index (χ2v) is 13.3. The molecular formula is C47H29N3O. The Labute approximate surface area is 294 Å². The summed E-state index contributed by atoms with van der Waals surface area (Å²) in [4.78, 5) is 10.5. The van der Waals surface area contributed by atoms with Crippen molar-refractivity contribution < 1.29 is 4.74 Å². The number of hydrogen-bond donors (Lipinski definition) is 0. The van der Waals surface area contributed by atoms with E-state index in [4.69, 9.17) is 14.7 Å². The first-order chi connectivity index (χ1) is 25.3. The highest BCUT2D eigenvalue weighted by Crippen LogP contribution is 2.61. The van der Waals surface area contributed by atoms with Crippen LogP contribution in [0.4, 0.5) is 0 Å². The van der Waals surface area contributed by atoms with E-state index in [0.29, 0.717) is 5.82 Å². The Balaban J connectivity index is 1.26. The number of benzene rings is 7. The van der Waals surface area contributed by atoms with Gasteiger partial charge in [0.1, 0.15) is 11.5 Å². The summed E-state index contributed by atoms with van der Waals surface area (Å²) in [5, 5.41) is 2.49. The third-order valence-electron chi connectivity index (χ3n) is 10.7. The Hall–Kier alpha value is -6.78. The van der Waals surface area contributed by atoms with Crippen molar-refractivity contribution in [3.63, 3.8) is 0 Å². The predicted molar refractivity (Wildman–Crippen MR) is 205 cm³/mol. The third-order valence-corrected chi connectivity index (χ3v) is 10.7. The number of nitrogens with zero attached hydrogens (tertiary/aromatic N) is 3. The van der Waals surface area contributed by atoms with E-state index in [0.717, 1.165) is 50.7 Å². The van der Waals surface area contributed by atoms with Crippen LogP contribution >= 0.6 is 0 Å². The third kappa shape index (κ3) is 3.84. The molecule has 0 amide bonds. The van der Waals surface area contributed by atoms with Gasteiger partial charge in [-0.3, -0.25) is 0 Å². The highest BCUT2D eigenvalue weighted by Gasteiger charge is 2.50. The molecule has 4 heterocycles. The summed E-state index contributed by atoms with van der Waals surface area (Å²) in [5.41, 5.74) is 12.2. The molecule has 0 N–H and O–H groups in total. The molecule has 7 aromatic carbocycles. The molecule has 4 nitrogen and oxygen atoms in total. The van der Waals surface area contributed by atoms with Crippen LogP contribution in [0.2, 0.25) is 0 Å². The second-order valence-electron chi connectivity index (χ2n) is 13.3. The van der Waals surface area contributed by atoms with E-state index in [9.17, 15) is 0 Å². The summed E-state index contributed by atoms with van der Waals surface area (Å²) in [6, 6.07) is 62.1.